The maximum atomic E-state index is 13.2. The number of anilines is 1. The molecular formula is C17H21N2NaO7S4. The fourth-order valence-electron chi connectivity index (χ4n) is 3.48. The fourth-order valence-corrected chi connectivity index (χ4v) is 8.12. The van der Waals surface area contributed by atoms with Crippen LogP contribution in [0.25, 0.3) is 0 Å². The second-order valence-electron chi connectivity index (χ2n) is 7.03. The molecule has 0 aliphatic heterocycles. The Morgan fingerprint density at radius 2 is 1.65 bits per heavy atom. The van der Waals surface area contributed by atoms with Gasteiger partial charge in [0.2, 0.25) is 10.0 Å². The molecule has 0 atom stereocenters. The summed E-state index contributed by atoms with van der Waals surface area (Å²) in [4.78, 5) is -1.54. The molecule has 3 rings (SSSR count). The number of thiophene rings is 1. The summed E-state index contributed by atoms with van der Waals surface area (Å²) in [6.07, 6.45) is 2.99. The van der Waals surface area contributed by atoms with Crippen molar-refractivity contribution in [1.29, 1.82) is 0 Å². The first kappa shape index (κ1) is 26.7. The van der Waals surface area contributed by atoms with E-state index in [1.54, 1.807) is 17.5 Å². The Kier molecular flexibility index (Phi) is 8.78. The smallest absolute Gasteiger partial charge is 0.744 e. The summed E-state index contributed by atoms with van der Waals surface area (Å²) in [7, 11) is -13.9. The van der Waals surface area contributed by atoms with Crippen molar-refractivity contribution in [2.45, 2.75) is 58.6 Å². The largest absolute Gasteiger partial charge is 1.00 e. The van der Waals surface area contributed by atoms with E-state index in [9.17, 15) is 29.8 Å². The summed E-state index contributed by atoms with van der Waals surface area (Å²) in [6.45, 7) is 0.123. The minimum atomic E-state index is -5.12. The van der Waals surface area contributed by atoms with E-state index in [0.717, 1.165) is 17.4 Å². The average Bonchev–Trinajstić information content (AvgIpc) is 3.18. The van der Waals surface area contributed by atoms with Crippen LogP contribution in [-0.4, -0.2) is 35.1 Å². The van der Waals surface area contributed by atoms with E-state index in [-0.39, 0.29) is 41.8 Å². The Morgan fingerprint density at radius 3 is 2.16 bits per heavy atom. The van der Waals surface area contributed by atoms with Crippen molar-refractivity contribution in [3.8, 4) is 0 Å². The summed E-state index contributed by atoms with van der Waals surface area (Å²) in [5.41, 5.74) is -0.278. The number of hydrogen-bond donors (Lipinski definition) is 2. The van der Waals surface area contributed by atoms with Gasteiger partial charge in [-0.1, -0.05) is 25.3 Å². The van der Waals surface area contributed by atoms with Gasteiger partial charge in [-0.25, -0.2) is 30.4 Å². The van der Waals surface area contributed by atoms with Gasteiger partial charge in [-0.15, -0.1) is 11.3 Å². The van der Waals surface area contributed by atoms with Crippen LogP contribution >= 0.6 is 11.3 Å². The molecule has 14 heteroatoms. The fraction of sp³-hybridized carbons (Fsp3) is 0.412. The molecule has 1 aromatic carbocycles. The van der Waals surface area contributed by atoms with Gasteiger partial charge >= 0.3 is 29.6 Å². The summed E-state index contributed by atoms with van der Waals surface area (Å²) in [5, 5.41) is 8.93. The van der Waals surface area contributed by atoms with E-state index in [0.29, 0.717) is 31.7 Å². The molecule has 2 aromatic rings. The molecule has 1 aromatic heterocycles. The van der Waals surface area contributed by atoms with Crippen LogP contribution < -0.4 is 40.0 Å². The number of hydrogen-bond acceptors (Lipinski definition) is 9. The second-order valence-corrected chi connectivity index (χ2v) is 13.1. The summed E-state index contributed by atoms with van der Waals surface area (Å²) in [6, 6.07) is 4.99. The van der Waals surface area contributed by atoms with E-state index in [2.05, 4.69) is 5.32 Å². The Labute approximate surface area is 208 Å². The van der Waals surface area contributed by atoms with Gasteiger partial charge in [-0.05, 0) is 36.4 Å². The van der Waals surface area contributed by atoms with E-state index >= 15 is 0 Å². The van der Waals surface area contributed by atoms with Gasteiger partial charge in [0.05, 0.1) is 20.7 Å². The molecule has 1 aliphatic carbocycles. The molecule has 1 aliphatic rings. The Balaban J connectivity index is 0.00000341. The zero-order valence-electron chi connectivity index (χ0n) is 16.8. The molecule has 0 bridgehead atoms. The first-order chi connectivity index (χ1) is 13.9. The third kappa shape index (κ3) is 6.30. The van der Waals surface area contributed by atoms with Crippen LogP contribution in [0.4, 0.5) is 5.69 Å². The maximum absolute atomic E-state index is 13.2. The predicted octanol–water partition coefficient (Wildman–Crippen LogP) is -0.978. The topological polar surface area (TPSA) is 164 Å². The molecule has 0 spiro atoms. The molecule has 1 saturated carbocycles. The molecule has 0 unspecified atom stereocenters. The van der Waals surface area contributed by atoms with Crippen molar-refractivity contribution in [3.05, 3.63) is 34.5 Å². The van der Waals surface area contributed by atoms with Crippen molar-refractivity contribution < 1.29 is 59.4 Å². The predicted molar refractivity (Wildman–Crippen MR) is 111 cm³/mol. The molecule has 0 radical (unpaired) electrons. The summed E-state index contributed by atoms with van der Waals surface area (Å²) < 4.78 is 86.0. The Hall–Kier alpha value is -0.510. The maximum Gasteiger partial charge on any atom is 1.00 e. The number of sulfone groups is 1. The normalized spacial score (nSPS) is 15.9. The first-order valence-corrected chi connectivity index (χ1v) is 14.5. The van der Waals surface area contributed by atoms with E-state index in [4.69, 9.17) is 5.14 Å². The number of sulfonamides is 1. The summed E-state index contributed by atoms with van der Waals surface area (Å²) >= 11 is 1.37. The molecule has 1 fully saturated rings. The van der Waals surface area contributed by atoms with Gasteiger partial charge < -0.3 is 9.87 Å². The number of nitrogens with one attached hydrogen (secondary N) is 1. The SMILES string of the molecule is NS(=O)(=O)c1cc(S(=O)(=O)[O-])c(NCc2cccs2)cc1S(=O)(=O)C1CCCCC1.[Na+]. The zero-order valence-corrected chi connectivity index (χ0v) is 22.0. The van der Waals surface area contributed by atoms with Crippen LogP contribution in [-0.2, 0) is 36.5 Å². The zero-order chi connectivity index (χ0) is 22.2. The van der Waals surface area contributed by atoms with Crippen molar-refractivity contribution in [2.24, 2.45) is 5.14 Å². The Morgan fingerprint density at radius 1 is 1.00 bits per heavy atom. The van der Waals surface area contributed by atoms with Crippen molar-refractivity contribution in [2.75, 3.05) is 5.32 Å². The van der Waals surface area contributed by atoms with E-state index in [1.807, 2.05) is 0 Å². The minimum absolute atomic E-state index is 0. The third-order valence-corrected chi connectivity index (χ3v) is 10.1. The number of nitrogens with two attached hydrogens (primary N) is 1. The molecule has 166 valence electrons. The van der Waals surface area contributed by atoms with Gasteiger partial charge in [0.25, 0.3) is 0 Å². The molecule has 3 N–H and O–H groups in total. The van der Waals surface area contributed by atoms with Crippen LogP contribution in [0.15, 0.2) is 44.3 Å². The van der Waals surface area contributed by atoms with Crippen LogP contribution in [0.2, 0.25) is 0 Å². The van der Waals surface area contributed by atoms with E-state index in [1.165, 1.54) is 11.3 Å². The first-order valence-electron chi connectivity index (χ1n) is 9.07. The molecule has 31 heavy (non-hydrogen) atoms. The van der Waals surface area contributed by atoms with Gasteiger partial charge in [0.1, 0.15) is 15.0 Å². The second kappa shape index (κ2) is 10.2. The molecule has 9 nitrogen and oxygen atoms in total. The molecular weight excluding hydrogens is 495 g/mol. The minimum Gasteiger partial charge on any atom is -0.744 e. The number of benzene rings is 1. The quantitative estimate of drug-likeness (QED) is 0.350. The van der Waals surface area contributed by atoms with Gasteiger partial charge in [0.15, 0.2) is 9.84 Å². The third-order valence-electron chi connectivity index (χ3n) is 4.95. The number of rotatable bonds is 7. The van der Waals surface area contributed by atoms with Gasteiger partial charge in [0, 0.05) is 11.4 Å². The Bertz CT molecular complexity index is 1240. The van der Waals surface area contributed by atoms with Crippen LogP contribution in [0, 0.1) is 0 Å². The van der Waals surface area contributed by atoms with Crippen LogP contribution in [0.3, 0.4) is 0 Å². The van der Waals surface area contributed by atoms with E-state index < -0.39 is 49.9 Å². The number of primary sulfonamides is 1. The van der Waals surface area contributed by atoms with Crippen molar-refractivity contribution in [1.82, 2.24) is 0 Å². The molecule has 1 heterocycles. The van der Waals surface area contributed by atoms with Gasteiger partial charge in [-0.3, -0.25) is 0 Å². The van der Waals surface area contributed by atoms with Crippen molar-refractivity contribution >= 4 is 47.0 Å². The summed E-state index contributed by atoms with van der Waals surface area (Å²) in [5.74, 6) is 0. The monoisotopic (exact) mass is 516 g/mol. The molecule has 0 saturated heterocycles. The van der Waals surface area contributed by atoms with Crippen LogP contribution in [0.5, 0.6) is 0 Å². The van der Waals surface area contributed by atoms with Crippen LogP contribution in [0.1, 0.15) is 37.0 Å². The standard InChI is InChI=1S/C17H22N2O7S4.Na/c18-29(22,23)17-10-15(30(24,25)26)14(19-11-12-5-4-8-27-12)9-16(17)28(20,21)13-6-2-1-3-7-13;/h4-5,8-10,13,19H,1-3,6-7,11H2,(H2,18,22,23)(H,24,25,26);/q;+1/p-1. The average molecular weight is 517 g/mol. The van der Waals surface area contributed by atoms with Gasteiger partial charge in [-0.2, -0.15) is 0 Å². The van der Waals surface area contributed by atoms with Crippen molar-refractivity contribution in [3.63, 3.8) is 0 Å². The molecule has 0 amide bonds.